The number of phenolic OH excluding ortho intramolecular Hbond substituents is 1. The molecule has 0 bridgehead atoms. The second-order valence-corrected chi connectivity index (χ2v) is 7.38. The number of nitrogens with zero attached hydrogens (tertiary/aromatic N) is 4. The van der Waals surface area contributed by atoms with E-state index in [1.54, 1.807) is 12.3 Å². The van der Waals surface area contributed by atoms with Crippen LogP contribution in [0.5, 0.6) is 11.5 Å². The summed E-state index contributed by atoms with van der Waals surface area (Å²) in [4.78, 5) is 32.6. The van der Waals surface area contributed by atoms with E-state index in [4.69, 9.17) is 4.74 Å². The number of nitro benzene ring substituents is 1. The molecule has 3 aromatic heterocycles. The van der Waals surface area contributed by atoms with Crippen LogP contribution in [-0.2, 0) is 0 Å². The zero-order chi connectivity index (χ0) is 19.3. The predicted octanol–water partition coefficient (Wildman–Crippen LogP) is 2.24. The highest BCUT2D eigenvalue weighted by Gasteiger charge is 2.23. The molecule has 4 rings (SSSR count). The molecular weight excluding hydrogens is 440 g/mol. The number of thiazole rings is 1. The summed E-state index contributed by atoms with van der Waals surface area (Å²) >= 11 is 4.40. The molecule has 136 valence electrons. The quantitative estimate of drug-likeness (QED) is 0.376. The Kier molecular flexibility index (Phi) is 4.04. The van der Waals surface area contributed by atoms with Crippen LogP contribution >= 0.6 is 27.3 Å². The van der Waals surface area contributed by atoms with Crippen molar-refractivity contribution in [2.45, 2.75) is 0 Å². The largest absolute Gasteiger partial charge is 0.504 e. The van der Waals surface area contributed by atoms with Crippen LogP contribution in [0.15, 0.2) is 33.7 Å². The lowest BCUT2D eigenvalue weighted by molar-refractivity contribution is -0.386. The summed E-state index contributed by atoms with van der Waals surface area (Å²) in [6, 6.07) is 4.38. The maximum atomic E-state index is 12.8. The van der Waals surface area contributed by atoms with Crippen molar-refractivity contribution in [3.63, 3.8) is 0 Å². The van der Waals surface area contributed by atoms with Gasteiger partial charge in [-0.25, -0.2) is 14.4 Å². The number of halogens is 1. The van der Waals surface area contributed by atoms with Crippen LogP contribution in [-0.4, -0.2) is 31.5 Å². The van der Waals surface area contributed by atoms with Crippen LogP contribution in [0.4, 0.5) is 5.69 Å². The minimum atomic E-state index is -0.665. The molecule has 1 N–H and O–H groups in total. The van der Waals surface area contributed by atoms with Gasteiger partial charge in [0, 0.05) is 10.7 Å². The van der Waals surface area contributed by atoms with Gasteiger partial charge in [0.2, 0.25) is 5.75 Å². The first-order chi connectivity index (χ1) is 12.9. The first kappa shape index (κ1) is 17.4. The van der Waals surface area contributed by atoms with Crippen molar-refractivity contribution in [3.05, 3.63) is 59.4 Å². The fourth-order valence-electron chi connectivity index (χ4n) is 2.74. The molecule has 11 heteroatoms. The highest BCUT2D eigenvalue weighted by atomic mass is 79.9. The highest BCUT2D eigenvalue weighted by molar-refractivity contribution is 9.10. The van der Waals surface area contributed by atoms with Crippen LogP contribution in [0.2, 0.25) is 0 Å². The Bertz CT molecular complexity index is 1350. The van der Waals surface area contributed by atoms with E-state index in [0.717, 1.165) is 15.8 Å². The maximum absolute atomic E-state index is 12.8. The predicted molar refractivity (Wildman–Crippen MR) is 102 cm³/mol. The standard InChI is InChI=1S/C16H9BrN4O5S/c1-26-13-10(22)3-2-7(12(13)21(24)25)4-11-15(23)20-14-9(19-16(20)27-11)5-8(17)6-18-14/h2-6,22H,1H3/b11-4-. The number of hydrogen-bond donors (Lipinski definition) is 1. The minimum Gasteiger partial charge on any atom is -0.504 e. The molecule has 0 aliphatic carbocycles. The molecule has 1 aromatic carbocycles. The van der Waals surface area contributed by atoms with Crippen LogP contribution in [0.1, 0.15) is 5.56 Å². The lowest BCUT2D eigenvalue weighted by Gasteiger charge is -2.05. The van der Waals surface area contributed by atoms with Gasteiger partial charge in [0.1, 0.15) is 5.52 Å². The molecule has 0 aliphatic rings. The number of fused-ring (bicyclic) bond motifs is 3. The molecule has 0 aliphatic heterocycles. The summed E-state index contributed by atoms with van der Waals surface area (Å²) in [6.07, 6.45) is 2.94. The average Bonchev–Trinajstić information content (AvgIpc) is 3.11. The van der Waals surface area contributed by atoms with Crippen molar-refractivity contribution in [2.24, 2.45) is 0 Å². The molecule has 27 heavy (non-hydrogen) atoms. The zero-order valence-corrected chi connectivity index (χ0v) is 15.9. The van der Waals surface area contributed by atoms with E-state index in [1.165, 1.54) is 29.7 Å². The Morgan fingerprint density at radius 1 is 1.44 bits per heavy atom. The molecule has 0 amide bonds. The van der Waals surface area contributed by atoms with Crippen molar-refractivity contribution in [1.29, 1.82) is 0 Å². The number of rotatable bonds is 3. The molecule has 9 nitrogen and oxygen atoms in total. The topological polar surface area (TPSA) is 120 Å². The lowest BCUT2D eigenvalue weighted by Crippen LogP contribution is -2.23. The number of ether oxygens (including phenoxy) is 1. The molecule has 0 saturated heterocycles. The number of nitro groups is 1. The van der Waals surface area contributed by atoms with Gasteiger partial charge in [0.15, 0.2) is 16.4 Å². The van der Waals surface area contributed by atoms with E-state index in [1.807, 2.05) is 0 Å². The van der Waals surface area contributed by atoms with E-state index in [9.17, 15) is 20.0 Å². The fraction of sp³-hybridized carbons (Fsp3) is 0.0625. The molecular formula is C16H9BrN4O5S. The smallest absolute Gasteiger partial charge is 0.322 e. The van der Waals surface area contributed by atoms with Crippen LogP contribution in [0.3, 0.4) is 0 Å². The molecule has 0 radical (unpaired) electrons. The Morgan fingerprint density at radius 3 is 2.93 bits per heavy atom. The van der Waals surface area contributed by atoms with Crippen molar-refractivity contribution in [1.82, 2.24) is 14.4 Å². The summed E-state index contributed by atoms with van der Waals surface area (Å²) in [5.74, 6) is -0.620. The van der Waals surface area contributed by atoms with Gasteiger partial charge in [-0.1, -0.05) is 11.3 Å². The second kappa shape index (κ2) is 6.28. The Morgan fingerprint density at radius 2 is 2.22 bits per heavy atom. The van der Waals surface area contributed by atoms with E-state index in [-0.39, 0.29) is 27.2 Å². The number of phenols is 1. The van der Waals surface area contributed by atoms with Gasteiger partial charge in [-0.05, 0) is 40.2 Å². The van der Waals surface area contributed by atoms with Gasteiger partial charge in [0.05, 0.1) is 22.1 Å². The summed E-state index contributed by atoms with van der Waals surface area (Å²) in [5.41, 5.74) is 0.309. The summed E-state index contributed by atoms with van der Waals surface area (Å²) < 4.78 is 7.30. The number of methoxy groups -OCH3 is 1. The zero-order valence-electron chi connectivity index (χ0n) is 13.5. The number of pyridine rings is 1. The normalized spacial score (nSPS) is 12.1. The van der Waals surface area contributed by atoms with Crippen molar-refractivity contribution < 1.29 is 14.8 Å². The minimum absolute atomic E-state index is 0.135. The van der Waals surface area contributed by atoms with E-state index < -0.39 is 10.6 Å². The van der Waals surface area contributed by atoms with Crippen LogP contribution in [0, 0.1) is 10.1 Å². The van der Waals surface area contributed by atoms with Gasteiger partial charge < -0.3 is 9.84 Å². The van der Waals surface area contributed by atoms with E-state index >= 15 is 0 Å². The molecule has 0 atom stereocenters. The molecule has 0 saturated carbocycles. The van der Waals surface area contributed by atoms with Crippen LogP contribution in [0.25, 0.3) is 22.2 Å². The highest BCUT2D eigenvalue weighted by Crippen LogP contribution is 2.39. The molecule has 0 fully saturated rings. The fourth-order valence-corrected chi connectivity index (χ4v) is 4.02. The Labute approximate surface area is 162 Å². The van der Waals surface area contributed by atoms with E-state index in [0.29, 0.717) is 16.1 Å². The summed E-state index contributed by atoms with van der Waals surface area (Å²) in [5, 5.41) is 21.2. The first-order valence-electron chi connectivity index (χ1n) is 7.43. The molecule has 4 aromatic rings. The number of aromatic hydroxyl groups is 1. The van der Waals surface area contributed by atoms with E-state index in [2.05, 4.69) is 25.9 Å². The number of benzene rings is 1. The average molecular weight is 449 g/mol. The summed E-state index contributed by atoms with van der Waals surface area (Å²) in [6.45, 7) is 0. The SMILES string of the molecule is COc1c(O)ccc(/C=c2\sc3nc4cc(Br)cnc4n3c2=O)c1[N+](=O)[O-]. The third-order valence-electron chi connectivity index (χ3n) is 3.86. The molecule has 0 spiro atoms. The Balaban J connectivity index is 2.01. The number of hydrogen-bond acceptors (Lipinski definition) is 8. The van der Waals surface area contributed by atoms with Crippen molar-refractivity contribution >= 4 is 55.2 Å². The van der Waals surface area contributed by atoms with Gasteiger partial charge >= 0.3 is 5.69 Å². The maximum Gasteiger partial charge on any atom is 0.322 e. The molecule has 0 unspecified atom stereocenters. The van der Waals surface area contributed by atoms with Gasteiger partial charge in [-0.2, -0.15) is 0 Å². The first-order valence-corrected chi connectivity index (χ1v) is 9.04. The third kappa shape index (κ3) is 2.71. The van der Waals surface area contributed by atoms with Crippen molar-refractivity contribution in [3.8, 4) is 11.5 Å². The second-order valence-electron chi connectivity index (χ2n) is 5.45. The molecule has 3 heterocycles. The Hall–Kier alpha value is -3.05. The van der Waals surface area contributed by atoms with Gasteiger partial charge in [-0.3, -0.25) is 14.9 Å². The van der Waals surface area contributed by atoms with Crippen molar-refractivity contribution in [2.75, 3.05) is 7.11 Å². The monoisotopic (exact) mass is 448 g/mol. The lowest BCUT2D eigenvalue weighted by atomic mass is 10.1. The van der Waals surface area contributed by atoms with Gasteiger partial charge in [-0.15, -0.1) is 0 Å². The number of imidazole rings is 1. The summed E-state index contributed by atoms with van der Waals surface area (Å²) in [7, 11) is 1.22. The number of aromatic nitrogens is 3. The van der Waals surface area contributed by atoms with Gasteiger partial charge in [0.25, 0.3) is 5.56 Å². The van der Waals surface area contributed by atoms with Crippen LogP contribution < -0.4 is 14.8 Å². The third-order valence-corrected chi connectivity index (χ3v) is 5.27.